The molecule has 6 nitrogen and oxygen atoms in total. The number of ether oxygens (including phenoxy) is 1. The van der Waals surface area contributed by atoms with Crippen LogP contribution in [0, 0.1) is 19.8 Å². The standard InChI is InChI=1S/C16H24N4O.C10H14O/c1-3-4-12(10-21)7-8-18-16-13-6-5-11(2)9-14(13)15(17)19-20-16;1-4-9-5-6-10(11-3)8(2)7-9/h5-6,9,12,21H,3-4,7-8,10H2,1-2H3,(H2,17,19)(H,18,20);5-7H,4H2,1-3H3. The van der Waals surface area contributed by atoms with Gasteiger partial charge in [-0.1, -0.05) is 50.1 Å². The van der Waals surface area contributed by atoms with Crippen molar-refractivity contribution in [3.8, 4) is 5.75 Å². The molecule has 32 heavy (non-hydrogen) atoms. The van der Waals surface area contributed by atoms with Crippen molar-refractivity contribution in [3.05, 3.63) is 53.1 Å². The van der Waals surface area contributed by atoms with Crippen LogP contribution < -0.4 is 15.8 Å². The fourth-order valence-electron chi connectivity index (χ4n) is 3.71. The number of anilines is 2. The van der Waals surface area contributed by atoms with Crippen LogP contribution >= 0.6 is 0 Å². The maximum absolute atomic E-state index is 9.32. The van der Waals surface area contributed by atoms with Crippen molar-refractivity contribution in [3.63, 3.8) is 0 Å². The molecule has 1 unspecified atom stereocenters. The molecule has 0 aliphatic heterocycles. The summed E-state index contributed by atoms with van der Waals surface area (Å²) in [6.07, 6.45) is 4.15. The number of aliphatic hydroxyl groups excluding tert-OH is 1. The van der Waals surface area contributed by atoms with Gasteiger partial charge in [0.1, 0.15) is 5.75 Å². The van der Waals surface area contributed by atoms with Gasteiger partial charge in [0.25, 0.3) is 0 Å². The van der Waals surface area contributed by atoms with Crippen molar-refractivity contribution >= 4 is 22.4 Å². The first-order chi connectivity index (χ1) is 15.4. The Kier molecular flexibility index (Phi) is 10.2. The van der Waals surface area contributed by atoms with Gasteiger partial charge < -0.3 is 20.9 Å². The molecule has 0 bridgehead atoms. The maximum atomic E-state index is 9.32. The third-order valence-corrected chi connectivity index (χ3v) is 5.63. The highest BCUT2D eigenvalue weighted by molar-refractivity contribution is 5.97. The first-order valence-corrected chi connectivity index (χ1v) is 11.4. The van der Waals surface area contributed by atoms with Gasteiger partial charge in [-0.05, 0) is 62.3 Å². The van der Waals surface area contributed by atoms with Gasteiger partial charge in [0.05, 0.1) is 7.11 Å². The first-order valence-electron chi connectivity index (χ1n) is 11.4. The molecular formula is C26H38N4O2. The van der Waals surface area contributed by atoms with E-state index in [1.807, 2.05) is 31.2 Å². The van der Waals surface area contributed by atoms with E-state index < -0.39 is 0 Å². The Balaban J connectivity index is 0.000000278. The fourth-order valence-corrected chi connectivity index (χ4v) is 3.71. The summed E-state index contributed by atoms with van der Waals surface area (Å²) in [6, 6.07) is 12.4. The molecule has 1 heterocycles. The zero-order chi connectivity index (χ0) is 23.5. The molecule has 0 aliphatic carbocycles. The number of nitrogens with two attached hydrogens (primary N) is 1. The molecule has 6 heteroatoms. The van der Waals surface area contributed by atoms with E-state index in [9.17, 15) is 5.11 Å². The minimum atomic E-state index is 0.239. The van der Waals surface area contributed by atoms with Crippen molar-refractivity contribution in [1.29, 1.82) is 0 Å². The lowest BCUT2D eigenvalue weighted by Gasteiger charge is -2.14. The first kappa shape index (κ1) is 25.4. The van der Waals surface area contributed by atoms with E-state index >= 15 is 0 Å². The van der Waals surface area contributed by atoms with E-state index in [2.05, 4.69) is 48.4 Å². The second-order valence-corrected chi connectivity index (χ2v) is 8.19. The van der Waals surface area contributed by atoms with Gasteiger partial charge in [-0.3, -0.25) is 0 Å². The molecule has 0 saturated carbocycles. The lowest BCUT2D eigenvalue weighted by atomic mass is 10.0. The summed E-state index contributed by atoms with van der Waals surface area (Å²) >= 11 is 0. The average Bonchev–Trinajstić information content (AvgIpc) is 2.80. The van der Waals surface area contributed by atoms with Gasteiger partial charge in [-0.25, -0.2) is 0 Å². The Morgan fingerprint density at radius 3 is 2.44 bits per heavy atom. The van der Waals surface area contributed by atoms with E-state index in [-0.39, 0.29) is 6.61 Å². The predicted molar refractivity (Wildman–Crippen MR) is 134 cm³/mol. The molecule has 1 atom stereocenters. The van der Waals surface area contributed by atoms with Crippen molar-refractivity contribution in [2.45, 2.75) is 53.4 Å². The van der Waals surface area contributed by atoms with Crippen LogP contribution in [-0.2, 0) is 6.42 Å². The Bertz CT molecular complexity index is 991. The number of benzene rings is 2. The number of hydrogen-bond acceptors (Lipinski definition) is 6. The maximum Gasteiger partial charge on any atom is 0.156 e. The zero-order valence-corrected chi connectivity index (χ0v) is 20.1. The fraction of sp³-hybridized carbons (Fsp3) is 0.462. The lowest BCUT2D eigenvalue weighted by Crippen LogP contribution is -2.13. The van der Waals surface area contributed by atoms with E-state index in [4.69, 9.17) is 10.5 Å². The van der Waals surface area contributed by atoms with Gasteiger partial charge in [0, 0.05) is 23.9 Å². The van der Waals surface area contributed by atoms with Gasteiger partial charge in [-0.2, -0.15) is 0 Å². The Hall–Kier alpha value is -2.86. The molecule has 4 N–H and O–H groups in total. The number of rotatable bonds is 9. The number of nitrogens with one attached hydrogen (secondary N) is 1. The van der Waals surface area contributed by atoms with Crippen LogP contribution in [0.5, 0.6) is 5.75 Å². The number of methoxy groups -OCH3 is 1. The van der Waals surface area contributed by atoms with Gasteiger partial charge in [-0.15, -0.1) is 10.2 Å². The number of hydrogen-bond donors (Lipinski definition) is 3. The Labute approximate surface area is 192 Å². The van der Waals surface area contributed by atoms with Gasteiger partial charge in [0.2, 0.25) is 0 Å². The number of fused-ring (bicyclic) bond motifs is 1. The number of aryl methyl sites for hydroxylation is 3. The average molecular weight is 439 g/mol. The smallest absolute Gasteiger partial charge is 0.156 e. The molecule has 0 aliphatic rings. The highest BCUT2D eigenvalue weighted by Crippen LogP contribution is 2.25. The number of nitrogens with zero attached hydrogens (tertiary/aromatic N) is 2. The summed E-state index contributed by atoms with van der Waals surface area (Å²) < 4.78 is 5.14. The Morgan fingerprint density at radius 1 is 1.03 bits per heavy atom. The molecule has 3 rings (SSSR count). The highest BCUT2D eigenvalue weighted by Gasteiger charge is 2.09. The molecular weight excluding hydrogens is 400 g/mol. The molecule has 1 aromatic heterocycles. The van der Waals surface area contributed by atoms with E-state index in [1.54, 1.807) is 7.11 Å². The third kappa shape index (κ3) is 7.09. The van der Waals surface area contributed by atoms with Crippen LogP contribution in [0.4, 0.5) is 11.6 Å². The lowest BCUT2D eigenvalue weighted by molar-refractivity contribution is 0.212. The van der Waals surface area contributed by atoms with Crippen LogP contribution in [-0.4, -0.2) is 35.6 Å². The molecule has 174 valence electrons. The zero-order valence-electron chi connectivity index (χ0n) is 20.1. The van der Waals surface area contributed by atoms with Crippen LogP contribution in [0.25, 0.3) is 10.8 Å². The van der Waals surface area contributed by atoms with E-state index in [0.29, 0.717) is 11.7 Å². The van der Waals surface area contributed by atoms with E-state index in [0.717, 1.165) is 60.1 Å². The molecule has 0 saturated heterocycles. The van der Waals surface area contributed by atoms with Crippen LogP contribution in [0.15, 0.2) is 36.4 Å². The monoisotopic (exact) mass is 438 g/mol. The minimum Gasteiger partial charge on any atom is -0.496 e. The van der Waals surface area contributed by atoms with Crippen LogP contribution in [0.2, 0.25) is 0 Å². The third-order valence-electron chi connectivity index (χ3n) is 5.63. The molecule has 0 radical (unpaired) electrons. The van der Waals surface area contributed by atoms with Gasteiger partial charge in [0.15, 0.2) is 11.6 Å². The molecule has 3 aromatic rings. The summed E-state index contributed by atoms with van der Waals surface area (Å²) in [5.74, 6) is 2.53. The molecule has 0 fully saturated rings. The molecule has 0 spiro atoms. The van der Waals surface area contributed by atoms with Crippen LogP contribution in [0.1, 0.15) is 49.8 Å². The van der Waals surface area contributed by atoms with Crippen LogP contribution in [0.3, 0.4) is 0 Å². The summed E-state index contributed by atoms with van der Waals surface area (Å²) in [5, 5.41) is 22.7. The van der Waals surface area contributed by atoms with Crippen molar-refractivity contribution in [2.75, 3.05) is 31.3 Å². The van der Waals surface area contributed by atoms with Crippen molar-refractivity contribution < 1.29 is 9.84 Å². The van der Waals surface area contributed by atoms with Crippen molar-refractivity contribution in [1.82, 2.24) is 10.2 Å². The summed E-state index contributed by atoms with van der Waals surface area (Å²) in [4.78, 5) is 0. The van der Waals surface area contributed by atoms with Gasteiger partial charge >= 0.3 is 0 Å². The number of aliphatic hydroxyl groups is 1. The second kappa shape index (κ2) is 12.9. The molecule has 2 aromatic carbocycles. The number of aromatic nitrogens is 2. The largest absolute Gasteiger partial charge is 0.496 e. The second-order valence-electron chi connectivity index (χ2n) is 8.19. The van der Waals surface area contributed by atoms with Crippen molar-refractivity contribution in [2.24, 2.45) is 5.92 Å². The topological polar surface area (TPSA) is 93.3 Å². The highest BCUT2D eigenvalue weighted by atomic mass is 16.5. The van der Waals surface area contributed by atoms with E-state index in [1.165, 1.54) is 11.1 Å². The number of nitrogen functional groups attached to an aromatic ring is 1. The molecule has 0 amide bonds. The summed E-state index contributed by atoms with van der Waals surface area (Å²) in [7, 11) is 1.70. The SMILES string of the molecule is CCCC(CO)CCNc1nnc(N)c2cc(C)ccc12.CCc1ccc(OC)c(C)c1. The quantitative estimate of drug-likeness (QED) is 0.420. The Morgan fingerprint density at radius 2 is 1.81 bits per heavy atom. The normalized spacial score (nSPS) is 11.6. The minimum absolute atomic E-state index is 0.239. The summed E-state index contributed by atoms with van der Waals surface area (Å²) in [6.45, 7) is 9.40. The predicted octanol–water partition coefficient (Wildman–Crippen LogP) is 5.30. The summed E-state index contributed by atoms with van der Waals surface area (Å²) in [5.41, 5.74) is 9.63.